The van der Waals surface area contributed by atoms with Gasteiger partial charge in [0, 0.05) is 50.7 Å². The fourth-order valence-electron chi connectivity index (χ4n) is 2.63. The Kier molecular flexibility index (Phi) is 6.43. The monoisotopic (exact) mass is 284 g/mol. The second kappa shape index (κ2) is 7.38. The lowest BCUT2D eigenvalue weighted by Crippen LogP contribution is -2.54. The zero-order chi connectivity index (χ0) is 15.3. The van der Waals surface area contributed by atoms with Gasteiger partial charge in [-0.25, -0.2) is 0 Å². The van der Waals surface area contributed by atoms with Gasteiger partial charge in [-0.15, -0.1) is 0 Å². The maximum atomic E-state index is 11.9. The zero-order valence-electron chi connectivity index (χ0n) is 13.8. The summed E-state index contributed by atoms with van der Waals surface area (Å²) >= 11 is 0. The molecule has 1 amide bonds. The van der Waals surface area contributed by atoms with E-state index in [2.05, 4.69) is 36.0 Å². The summed E-state index contributed by atoms with van der Waals surface area (Å²) in [6, 6.07) is 0.411. The Hall–Kier alpha value is -0.650. The number of piperazine rings is 1. The van der Waals surface area contributed by atoms with Crippen LogP contribution in [0.1, 0.15) is 34.1 Å². The van der Waals surface area contributed by atoms with Crippen molar-refractivity contribution < 1.29 is 4.79 Å². The third kappa shape index (κ3) is 6.20. The van der Waals surface area contributed by atoms with E-state index in [0.717, 1.165) is 32.7 Å². The predicted molar refractivity (Wildman–Crippen MR) is 83.6 cm³/mol. The first-order chi connectivity index (χ1) is 9.19. The standard InChI is InChI=1S/C15H32N4O/c1-12(2)13(19-8-6-18(5)7-9-19)11-17-14(20)10-15(3,4)16/h12-13H,6-11,16H2,1-5H3,(H,17,20). The molecule has 0 aromatic heterocycles. The van der Waals surface area contributed by atoms with Crippen molar-refractivity contribution in [1.82, 2.24) is 15.1 Å². The highest BCUT2D eigenvalue weighted by molar-refractivity contribution is 5.77. The molecule has 5 heteroatoms. The Labute approximate surface area is 123 Å². The molecule has 0 spiro atoms. The van der Waals surface area contributed by atoms with E-state index in [1.54, 1.807) is 0 Å². The van der Waals surface area contributed by atoms with Crippen LogP contribution in [-0.2, 0) is 4.79 Å². The first-order valence-corrected chi connectivity index (χ1v) is 7.67. The van der Waals surface area contributed by atoms with E-state index < -0.39 is 5.54 Å². The number of hydrogen-bond donors (Lipinski definition) is 2. The average Bonchev–Trinajstić information content (AvgIpc) is 2.29. The summed E-state index contributed by atoms with van der Waals surface area (Å²) in [6.07, 6.45) is 0.376. The van der Waals surface area contributed by atoms with Crippen LogP contribution in [0.15, 0.2) is 0 Å². The minimum absolute atomic E-state index is 0.0530. The van der Waals surface area contributed by atoms with Crippen LogP contribution >= 0.6 is 0 Å². The van der Waals surface area contributed by atoms with Crippen molar-refractivity contribution in [1.29, 1.82) is 0 Å². The van der Waals surface area contributed by atoms with Gasteiger partial charge in [0.1, 0.15) is 0 Å². The Morgan fingerprint density at radius 2 is 1.80 bits per heavy atom. The molecule has 1 saturated heterocycles. The van der Waals surface area contributed by atoms with Gasteiger partial charge in [0.2, 0.25) is 5.91 Å². The number of nitrogens with two attached hydrogens (primary N) is 1. The zero-order valence-corrected chi connectivity index (χ0v) is 13.8. The fraction of sp³-hybridized carbons (Fsp3) is 0.933. The fourth-order valence-corrected chi connectivity index (χ4v) is 2.63. The third-order valence-electron chi connectivity index (χ3n) is 3.90. The van der Waals surface area contributed by atoms with E-state index in [1.165, 1.54) is 0 Å². The first-order valence-electron chi connectivity index (χ1n) is 7.67. The summed E-state index contributed by atoms with van der Waals surface area (Å²) in [5.74, 6) is 0.585. The maximum Gasteiger partial charge on any atom is 0.221 e. The molecule has 0 aromatic rings. The first kappa shape index (κ1) is 17.4. The molecular formula is C15H32N4O. The summed E-state index contributed by atoms with van der Waals surface area (Å²) in [7, 11) is 2.16. The summed E-state index contributed by atoms with van der Waals surface area (Å²) in [5, 5.41) is 3.05. The van der Waals surface area contributed by atoms with E-state index >= 15 is 0 Å². The predicted octanol–water partition coefficient (Wildman–Crippen LogP) is 0.502. The maximum absolute atomic E-state index is 11.9. The Bertz CT molecular complexity index is 303. The van der Waals surface area contributed by atoms with Gasteiger partial charge in [-0.3, -0.25) is 9.69 Å². The molecule has 0 saturated carbocycles. The van der Waals surface area contributed by atoms with Crippen molar-refractivity contribution in [2.45, 2.75) is 45.7 Å². The topological polar surface area (TPSA) is 61.6 Å². The second-order valence-electron chi connectivity index (χ2n) is 7.12. The number of rotatable bonds is 6. The van der Waals surface area contributed by atoms with Gasteiger partial charge in [-0.2, -0.15) is 0 Å². The van der Waals surface area contributed by atoms with Crippen LogP contribution in [0.3, 0.4) is 0 Å². The second-order valence-corrected chi connectivity index (χ2v) is 7.12. The minimum atomic E-state index is -0.439. The van der Waals surface area contributed by atoms with Gasteiger partial charge >= 0.3 is 0 Å². The molecule has 1 atom stereocenters. The van der Waals surface area contributed by atoms with Crippen molar-refractivity contribution in [3.63, 3.8) is 0 Å². The average molecular weight is 284 g/mol. The van der Waals surface area contributed by atoms with Gasteiger partial charge in [0.15, 0.2) is 0 Å². The van der Waals surface area contributed by atoms with Crippen LogP contribution in [0.5, 0.6) is 0 Å². The molecule has 118 valence electrons. The minimum Gasteiger partial charge on any atom is -0.354 e. The van der Waals surface area contributed by atoms with Crippen molar-refractivity contribution in [2.24, 2.45) is 11.7 Å². The smallest absolute Gasteiger partial charge is 0.221 e. The molecule has 3 N–H and O–H groups in total. The van der Waals surface area contributed by atoms with Crippen molar-refractivity contribution in [3.8, 4) is 0 Å². The van der Waals surface area contributed by atoms with E-state index in [-0.39, 0.29) is 5.91 Å². The number of hydrogen-bond acceptors (Lipinski definition) is 4. The molecule has 1 fully saturated rings. The molecule has 1 rings (SSSR count). The third-order valence-corrected chi connectivity index (χ3v) is 3.90. The van der Waals surface area contributed by atoms with Gasteiger partial charge in [0.05, 0.1) is 0 Å². The van der Waals surface area contributed by atoms with Crippen molar-refractivity contribution in [2.75, 3.05) is 39.8 Å². The molecule has 1 unspecified atom stereocenters. The lowest BCUT2D eigenvalue weighted by atomic mass is 10.00. The number of nitrogens with one attached hydrogen (secondary N) is 1. The van der Waals surface area contributed by atoms with Crippen LogP contribution in [0.25, 0.3) is 0 Å². The van der Waals surface area contributed by atoms with Gasteiger partial charge in [-0.05, 0) is 26.8 Å². The van der Waals surface area contributed by atoms with E-state index in [0.29, 0.717) is 18.4 Å². The lowest BCUT2D eigenvalue weighted by molar-refractivity contribution is -0.122. The number of likely N-dealkylation sites (N-methyl/N-ethyl adjacent to an activating group) is 1. The molecular weight excluding hydrogens is 252 g/mol. The molecule has 20 heavy (non-hydrogen) atoms. The summed E-state index contributed by atoms with van der Waals surface area (Å²) in [4.78, 5) is 16.8. The quantitative estimate of drug-likeness (QED) is 0.746. The van der Waals surface area contributed by atoms with Gasteiger partial charge in [0.25, 0.3) is 0 Å². The molecule has 5 nitrogen and oxygen atoms in total. The van der Waals surface area contributed by atoms with Crippen LogP contribution < -0.4 is 11.1 Å². The molecule has 0 bridgehead atoms. The van der Waals surface area contributed by atoms with Gasteiger partial charge in [-0.1, -0.05) is 13.8 Å². The molecule has 1 aliphatic rings. The van der Waals surface area contributed by atoms with E-state index in [4.69, 9.17) is 5.73 Å². The Morgan fingerprint density at radius 1 is 1.25 bits per heavy atom. The molecule has 1 heterocycles. The van der Waals surface area contributed by atoms with Crippen LogP contribution in [0.2, 0.25) is 0 Å². The number of amides is 1. The Morgan fingerprint density at radius 3 is 2.25 bits per heavy atom. The van der Waals surface area contributed by atoms with Crippen molar-refractivity contribution in [3.05, 3.63) is 0 Å². The molecule has 0 radical (unpaired) electrons. The highest BCUT2D eigenvalue weighted by atomic mass is 16.1. The number of carbonyl (C=O) groups excluding carboxylic acids is 1. The molecule has 0 aromatic carbocycles. The van der Waals surface area contributed by atoms with E-state index in [1.807, 2.05) is 13.8 Å². The number of nitrogens with zero attached hydrogens (tertiary/aromatic N) is 2. The van der Waals surface area contributed by atoms with Crippen LogP contribution in [0, 0.1) is 5.92 Å². The highest BCUT2D eigenvalue weighted by Gasteiger charge is 2.26. The SMILES string of the molecule is CC(C)C(CNC(=O)CC(C)(C)N)N1CCN(C)CC1. The lowest BCUT2D eigenvalue weighted by Gasteiger charge is -2.40. The summed E-state index contributed by atoms with van der Waals surface area (Å²) in [6.45, 7) is 13.3. The van der Waals surface area contributed by atoms with Crippen LogP contribution in [-0.4, -0.2) is 67.1 Å². The Balaban J connectivity index is 2.45. The highest BCUT2D eigenvalue weighted by Crippen LogP contribution is 2.13. The summed E-state index contributed by atoms with van der Waals surface area (Å²) < 4.78 is 0. The molecule has 1 aliphatic heterocycles. The van der Waals surface area contributed by atoms with Crippen molar-refractivity contribution >= 4 is 5.91 Å². The summed E-state index contributed by atoms with van der Waals surface area (Å²) in [5.41, 5.74) is 5.44. The largest absolute Gasteiger partial charge is 0.354 e. The normalized spacial score (nSPS) is 20.1. The number of carbonyl (C=O) groups is 1. The van der Waals surface area contributed by atoms with Gasteiger partial charge < -0.3 is 16.0 Å². The molecule has 0 aliphatic carbocycles. The van der Waals surface area contributed by atoms with E-state index in [9.17, 15) is 4.79 Å². The van der Waals surface area contributed by atoms with Crippen LogP contribution in [0.4, 0.5) is 0 Å².